The van der Waals surface area contributed by atoms with Crippen LogP contribution in [0, 0.1) is 0 Å². The summed E-state index contributed by atoms with van der Waals surface area (Å²) in [6, 6.07) is 11.2. The molecule has 32 heavy (non-hydrogen) atoms. The van der Waals surface area contributed by atoms with E-state index < -0.39 is 0 Å². The maximum absolute atomic E-state index is 12.5. The quantitative estimate of drug-likeness (QED) is 0.377. The van der Waals surface area contributed by atoms with E-state index in [0.717, 1.165) is 49.8 Å². The van der Waals surface area contributed by atoms with E-state index in [0.29, 0.717) is 17.2 Å². The van der Waals surface area contributed by atoms with E-state index in [2.05, 4.69) is 15.9 Å². The number of carbonyl (C=O) groups is 1. The number of likely N-dealkylation sites (tertiary alicyclic amines) is 1. The smallest absolute Gasteiger partial charge is 0.188 e. The third kappa shape index (κ3) is 5.77. The van der Waals surface area contributed by atoms with Crippen LogP contribution < -0.4 is 14.4 Å². The second-order valence-electron chi connectivity index (χ2n) is 7.99. The summed E-state index contributed by atoms with van der Waals surface area (Å²) in [5.74, 6) is 1.40. The lowest BCUT2D eigenvalue weighted by molar-refractivity contribution is 0.104. The number of ketones is 1. The summed E-state index contributed by atoms with van der Waals surface area (Å²) in [6.45, 7) is 4.68. The van der Waals surface area contributed by atoms with E-state index in [-0.39, 0.29) is 18.2 Å². The van der Waals surface area contributed by atoms with Crippen molar-refractivity contribution in [2.45, 2.75) is 25.7 Å². The summed E-state index contributed by atoms with van der Waals surface area (Å²) in [5, 5.41) is 0.466. The summed E-state index contributed by atoms with van der Waals surface area (Å²) in [4.78, 5) is 17.1. The molecule has 0 spiro atoms. The minimum Gasteiger partial charge on any atom is -0.493 e. The number of piperidine rings is 1. The molecule has 172 valence electrons. The molecule has 0 amide bonds. The SMILES string of the molecule is COc1cc2c(cc1OCCN1CCCCC1)N(/C=C/C(=O)c1ccccc1Cl)CC2.Cl. The van der Waals surface area contributed by atoms with Crippen LogP contribution >= 0.6 is 24.0 Å². The van der Waals surface area contributed by atoms with Crippen molar-refractivity contribution < 1.29 is 14.3 Å². The molecule has 5 nitrogen and oxygen atoms in total. The number of ether oxygens (including phenoxy) is 2. The summed E-state index contributed by atoms with van der Waals surface area (Å²) in [5.41, 5.74) is 2.75. The minimum atomic E-state index is -0.106. The Morgan fingerprint density at radius 2 is 1.88 bits per heavy atom. The van der Waals surface area contributed by atoms with Crippen LogP contribution in [0.5, 0.6) is 11.5 Å². The molecule has 2 aliphatic heterocycles. The molecule has 0 bridgehead atoms. The van der Waals surface area contributed by atoms with Gasteiger partial charge in [-0.25, -0.2) is 0 Å². The fourth-order valence-electron chi connectivity index (χ4n) is 4.22. The van der Waals surface area contributed by atoms with E-state index in [1.165, 1.54) is 24.8 Å². The second-order valence-corrected chi connectivity index (χ2v) is 8.39. The molecule has 4 rings (SSSR count). The first-order valence-electron chi connectivity index (χ1n) is 11.0. The number of halogens is 2. The third-order valence-corrected chi connectivity index (χ3v) is 6.28. The Kier molecular flexibility index (Phi) is 8.85. The van der Waals surface area contributed by atoms with E-state index in [9.17, 15) is 4.79 Å². The van der Waals surface area contributed by atoms with Crippen molar-refractivity contribution in [3.05, 3.63) is 64.8 Å². The van der Waals surface area contributed by atoms with Crippen LogP contribution in [0.2, 0.25) is 5.02 Å². The third-order valence-electron chi connectivity index (χ3n) is 5.96. The van der Waals surface area contributed by atoms with Crippen molar-refractivity contribution >= 4 is 35.5 Å². The molecule has 2 aromatic carbocycles. The Hall–Kier alpha value is -2.21. The molecule has 0 unspecified atom stereocenters. The van der Waals surface area contributed by atoms with Gasteiger partial charge in [-0.1, -0.05) is 30.2 Å². The van der Waals surface area contributed by atoms with Gasteiger partial charge in [0.05, 0.1) is 12.1 Å². The molecule has 7 heteroatoms. The van der Waals surface area contributed by atoms with Crippen molar-refractivity contribution in [1.82, 2.24) is 4.90 Å². The second kappa shape index (κ2) is 11.6. The van der Waals surface area contributed by atoms with Crippen molar-refractivity contribution in [2.75, 3.05) is 44.8 Å². The first-order valence-corrected chi connectivity index (χ1v) is 11.3. The van der Waals surface area contributed by atoms with Crippen LogP contribution in [-0.4, -0.2) is 50.6 Å². The highest BCUT2D eigenvalue weighted by atomic mass is 35.5. The normalized spacial score (nSPS) is 16.0. The van der Waals surface area contributed by atoms with Crippen LogP contribution in [0.15, 0.2) is 48.7 Å². The summed E-state index contributed by atoms with van der Waals surface area (Å²) in [7, 11) is 1.67. The first kappa shape index (κ1) is 24.4. The van der Waals surface area contributed by atoms with Gasteiger partial charge < -0.3 is 14.4 Å². The van der Waals surface area contributed by atoms with Crippen molar-refractivity contribution in [3.63, 3.8) is 0 Å². The Balaban J connectivity index is 0.00000289. The number of allylic oxidation sites excluding steroid dienone is 1. The highest BCUT2D eigenvalue weighted by Gasteiger charge is 2.22. The number of rotatable bonds is 8. The molecular weight excluding hydrogens is 447 g/mol. The topological polar surface area (TPSA) is 42.0 Å². The number of methoxy groups -OCH3 is 1. The van der Waals surface area contributed by atoms with Gasteiger partial charge in [0.1, 0.15) is 6.61 Å². The van der Waals surface area contributed by atoms with E-state index in [1.54, 1.807) is 25.3 Å². The van der Waals surface area contributed by atoms with Gasteiger partial charge in [-0.05, 0) is 56.1 Å². The van der Waals surface area contributed by atoms with Crippen LogP contribution in [-0.2, 0) is 6.42 Å². The van der Waals surface area contributed by atoms with Gasteiger partial charge in [0, 0.05) is 42.7 Å². The zero-order chi connectivity index (χ0) is 21.6. The average Bonchev–Trinajstić information content (AvgIpc) is 3.19. The fourth-order valence-corrected chi connectivity index (χ4v) is 4.45. The van der Waals surface area contributed by atoms with Gasteiger partial charge >= 0.3 is 0 Å². The van der Waals surface area contributed by atoms with E-state index in [1.807, 2.05) is 24.4 Å². The van der Waals surface area contributed by atoms with Gasteiger partial charge in [0.25, 0.3) is 0 Å². The largest absolute Gasteiger partial charge is 0.493 e. The van der Waals surface area contributed by atoms with Gasteiger partial charge in [-0.3, -0.25) is 9.69 Å². The number of nitrogens with zero attached hydrogens (tertiary/aromatic N) is 2. The van der Waals surface area contributed by atoms with Crippen molar-refractivity contribution in [2.24, 2.45) is 0 Å². The average molecular weight is 477 g/mol. The van der Waals surface area contributed by atoms with E-state index in [4.69, 9.17) is 21.1 Å². The van der Waals surface area contributed by atoms with Gasteiger partial charge in [-0.2, -0.15) is 0 Å². The van der Waals surface area contributed by atoms with Gasteiger partial charge in [-0.15, -0.1) is 12.4 Å². The summed E-state index contributed by atoms with van der Waals surface area (Å²) in [6.07, 6.45) is 8.19. The highest BCUT2D eigenvalue weighted by molar-refractivity contribution is 6.34. The maximum Gasteiger partial charge on any atom is 0.188 e. The lowest BCUT2D eigenvalue weighted by Crippen LogP contribution is -2.33. The van der Waals surface area contributed by atoms with Crippen molar-refractivity contribution in [3.8, 4) is 11.5 Å². The first-order chi connectivity index (χ1) is 15.2. The maximum atomic E-state index is 12.5. The molecule has 0 aromatic heterocycles. The molecule has 0 saturated carbocycles. The minimum absolute atomic E-state index is 0. The summed E-state index contributed by atoms with van der Waals surface area (Å²) >= 11 is 6.15. The molecular formula is C25H30Cl2N2O3. The molecule has 2 aliphatic rings. The molecule has 1 saturated heterocycles. The lowest BCUT2D eigenvalue weighted by Gasteiger charge is -2.26. The van der Waals surface area contributed by atoms with Crippen LogP contribution in [0.1, 0.15) is 35.2 Å². The molecule has 2 aromatic rings. The molecule has 0 atom stereocenters. The predicted molar refractivity (Wildman–Crippen MR) is 132 cm³/mol. The number of benzene rings is 2. The zero-order valence-electron chi connectivity index (χ0n) is 18.4. The van der Waals surface area contributed by atoms with Gasteiger partial charge in [0.15, 0.2) is 17.3 Å². The Bertz CT molecular complexity index is 958. The molecule has 0 N–H and O–H groups in total. The molecule has 0 radical (unpaired) electrons. The van der Waals surface area contributed by atoms with Crippen LogP contribution in [0.4, 0.5) is 5.69 Å². The van der Waals surface area contributed by atoms with Crippen LogP contribution in [0.25, 0.3) is 0 Å². The number of hydrogen-bond acceptors (Lipinski definition) is 5. The number of carbonyl (C=O) groups excluding carboxylic acids is 1. The lowest BCUT2D eigenvalue weighted by atomic mass is 10.1. The highest BCUT2D eigenvalue weighted by Crippen LogP contribution is 2.39. The van der Waals surface area contributed by atoms with Gasteiger partial charge in [0.2, 0.25) is 0 Å². The Morgan fingerprint density at radius 1 is 1.09 bits per heavy atom. The van der Waals surface area contributed by atoms with Crippen molar-refractivity contribution in [1.29, 1.82) is 0 Å². The van der Waals surface area contributed by atoms with Crippen LogP contribution in [0.3, 0.4) is 0 Å². The number of hydrogen-bond donors (Lipinski definition) is 0. The van der Waals surface area contributed by atoms with E-state index >= 15 is 0 Å². The summed E-state index contributed by atoms with van der Waals surface area (Å²) < 4.78 is 11.7. The molecule has 2 heterocycles. The molecule has 0 aliphatic carbocycles. The Labute approximate surface area is 201 Å². The monoisotopic (exact) mass is 476 g/mol. The zero-order valence-corrected chi connectivity index (χ0v) is 20.0. The standard InChI is InChI=1S/C25H29ClN2O3.ClH/c1-30-24-17-19-9-13-28(14-10-23(29)20-7-3-4-8-21(20)26)22(19)18-25(24)31-16-15-27-11-5-2-6-12-27;/h3-4,7-8,10,14,17-18H,2,5-6,9,11-13,15-16H2,1H3;1H/b14-10+;. The number of fused-ring (bicyclic) bond motifs is 1. The fraction of sp³-hybridized carbons (Fsp3) is 0.400. The predicted octanol–water partition coefficient (Wildman–Crippen LogP) is 5.39. The Morgan fingerprint density at radius 3 is 2.62 bits per heavy atom. The molecule has 1 fully saturated rings. The number of anilines is 1.